The average molecular weight is 451 g/mol. The van der Waals surface area contributed by atoms with Crippen LogP contribution in [0.1, 0.15) is 56.1 Å². The second-order valence-electron chi connectivity index (χ2n) is 8.99. The van der Waals surface area contributed by atoms with Crippen molar-refractivity contribution in [2.45, 2.75) is 51.0 Å². The minimum Gasteiger partial charge on any atom is -0.481 e. The topological polar surface area (TPSA) is 105 Å². The van der Waals surface area contributed by atoms with Crippen LogP contribution in [-0.2, 0) is 14.3 Å². The third-order valence-corrected chi connectivity index (χ3v) is 6.98. The summed E-state index contributed by atoms with van der Waals surface area (Å²) in [6.45, 7) is 2.22. The second kappa shape index (κ2) is 9.65. The van der Waals surface area contributed by atoms with Crippen LogP contribution >= 0.6 is 0 Å². The van der Waals surface area contributed by atoms with Crippen LogP contribution in [0, 0.1) is 5.41 Å². The van der Waals surface area contributed by atoms with Crippen molar-refractivity contribution in [2.24, 2.45) is 5.41 Å². The predicted octanol–water partition coefficient (Wildman–Crippen LogP) is 4.06. The van der Waals surface area contributed by atoms with Gasteiger partial charge in [0.1, 0.15) is 6.61 Å². The fraction of sp³-hybridized carbons (Fsp3) is 0.423. The van der Waals surface area contributed by atoms with E-state index in [9.17, 15) is 19.5 Å². The van der Waals surface area contributed by atoms with Gasteiger partial charge in [0.15, 0.2) is 0 Å². The largest absolute Gasteiger partial charge is 0.481 e. The zero-order valence-corrected chi connectivity index (χ0v) is 18.8. The van der Waals surface area contributed by atoms with Gasteiger partial charge in [-0.25, -0.2) is 4.79 Å². The Balaban J connectivity index is 1.29. The van der Waals surface area contributed by atoms with Crippen LogP contribution in [0.4, 0.5) is 4.79 Å². The lowest BCUT2D eigenvalue weighted by molar-refractivity contribution is -0.154. The number of ether oxygens (including phenoxy) is 1. The SMILES string of the molecule is CC[C@@H](CC(=O)NCC1(C(=O)O)CCC1)NC(=O)OCC1c2ccccc2-c2ccccc21. The number of carboxylic acid groups (broad SMARTS) is 1. The molecule has 2 aromatic rings. The van der Waals surface area contributed by atoms with Crippen molar-refractivity contribution in [3.63, 3.8) is 0 Å². The Morgan fingerprint density at radius 1 is 1.06 bits per heavy atom. The van der Waals surface area contributed by atoms with Gasteiger partial charge in [-0.3, -0.25) is 9.59 Å². The number of benzene rings is 2. The van der Waals surface area contributed by atoms with Gasteiger partial charge in [0.2, 0.25) is 5.91 Å². The molecule has 3 N–H and O–H groups in total. The van der Waals surface area contributed by atoms with Gasteiger partial charge in [0, 0.05) is 24.9 Å². The molecule has 7 nitrogen and oxygen atoms in total. The van der Waals surface area contributed by atoms with Crippen LogP contribution in [0.25, 0.3) is 11.1 Å². The third kappa shape index (κ3) is 4.72. The molecule has 2 aliphatic rings. The molecule has 1 atom stereocenters. The summed E-state index contributed by atoms with van der Waals surface area (Å²) in [7, 11) is 0. The Hall–Kier alpha value is -3.35. The van der Waals surface area contributed by atoms with E-state index in [1.54, 1.807) is 0 Å². The van der Waals surface area contributed by atoms with Crippen LogP contribution < -0.4 is 10.6 Å². The Morgan fingerprint density at radius 3 is 2.18 bits per heavy atom. The molecule has 2 amide bonds. The Morgan fingerprint density at radius 2 is 1.67 bits per heavy atom. The Bertz CT molecular complexity index is 1000. The molecule has 4 rings (SSSR count). The summed E-state index contributed by atoms with van der Waals surface area (Å²) in [5, 5.41) is 14.9. The first kappa shape index (κ1) is 22.8. The van der Waals surface area contributed by atoms with E-state index >= 15 is 0 Å². The molecule has 2 aliphatic carbocycles. The standard InChI is InChI=1S/C26H30N2O5/c1-2-17(14-23(29)27-16-26(24(30)31)12-7-13-26)28-25(32)33-15-22-20-10-5-3-8-18(20)19-9-4-6-11-21(19)22/h3-6,8-11,17,22H,2,7,12-16H2,1H3,(H,27,29)(H,28,32)(H,30,31)/t17-/m0/s1. The zero-order chi connectivity index (χ0) is 23.4. The number of alkyl carbamates (subject to hydrolysis) is 1. The summed E-state index contributed by atoms with van der Waals surface area (Å²) < 4.78 is 5.57. The van der Waals surface area contributed by atoms with Crippen LogP contribution in [0.3, 0.4) is 0 Å². The highest BCUT2D eigenvalue weighted by Crippen LogP contribution is 2.44. The highest BCUT2D eigenvalue weighted by atomic mass is 16.5. The van der Waals surface area contributed by atoms with E-state index in [4.69, 9.17) is 4.74 Å². The zero-order valence-electron chi connectivity index (χ0n) is 18.8. The van der Waals surface area contributed by atoms with Crippen molar-refractivity contribution in [3.8, 4) is 11.1 Å². The van der Waals surface area contributed by atoms with E-state index in [2.05, 4.69) is 34.9 Å². The van der Waals surface area contributed by atoms with Crippen LogP contribution in [-0.4, -0.2) is 42.3 Å². The van der Waals surface area contributed by atoms with Crippen molar-refractivity contribution in [1.82, 2.24) is 10.6 Å². The maximum Gasteiger partial charge on any atom is 0.407 e. The number of carbonyl (C=O) groups is 3. The lowest BCUT2D eigenvalue weighted by Crippen LogP contribution is -2.48. The summed E-state index contributed by atoms with van der Waals surface area (Å²) in [5.74, 6) is -1.16. The molecule has 0 aromatic heterocycles. The van der Waals surface area contributed by atoms with Gasteiger partial charge in [0.05, 0.1) is 5.41 Å². The van der Waals surface area contributed by atoms with Gasteiger partial charge in [-0.1, -0.05) is 61.9 Å². The van der Waals surface area contributed by atoms with Gasteiger partial charge >= 0.3 is 12.1 Å². The molecule has 0 aliphatic heterocycles. The third-order valence-electron chi connectivity index (χ3n) is 6.98. The molecular weight excluding hydrogens is 420 g/mol. The first-order chi connectivity index (χ1) is 15.9. The fourth-order valence-electron chi connectivity index (χ4n) is 4.74. The number of amides is 2. The molecule has 0 bridgehead atoms. The van der Waals surface area contributed by atoms with Crippen molar-refractivity contribution >= 4 is 18.0 Å². The Kier molecular flexibility index (Phi) is 6.67. The van der Waals surface area contributed by atoms with E-state index in [1.165, 1.54) is 0 Å². The molecular formula is C26H30N2O5. The molecule has 1 saturated carbocycles. The first-order valence-corrected chi connectivity index (χ1v) is 11.5. The van der Waals surface area contributed by atoms with Gasteiger partial charge in [-0.2, -0.15) is 0 Å². The maximum atomic E-state index is 12.5. The molecule has 0 unspecified atom stereocenters. The van der Waals surface area contributed by atoms with Crippen LogP contribution in [0.15, 0.2) is 48.5 Å². The molecule has 2 aromatic carbocycles. The van der Waals surface area contributed by atoms with E-state index in [0.717, 1.165) is 28.7 Å². The van der Waals surface area contributed by atoms with Crippen molar-refractivity contribution in [1.29, 1.82) is 0 Å². The van der Waals surface area contributed by atoms with Gasteiger partial charge in [-0.15, -0.1) is 0 Å². The first-order valence-electron chi connectivity index (χ1n) is 11.5. The molecule has 7 heteroatoms. The van der Waals surface area contributed by atoms with Gasteiger partial charge < -0.3 is 20.5 Å². The number of fused-ring (bicyclic) bond motifs is 3. The molecule has 0 radical (unpaired) electrons. The van der Waals surface area contributed by atoms with E-state index in [1.807, 2.05) is 31.2 Å². The van der Waals surface area contributed by atoms with E-state index in [0.29, 0.717) is 19.3 Å². The highest BCUT2D eigenvalue weighted by molar-refractivity contribution is 5.81. The lowest BCUT2D eigenvalue weighted by Gasteiger charge is -2.37. The second-order valence-corrected chi connectivity index (χ2v) is 8.99. The monoisotopic (exact) mass is 450 g/mol. The number of hydrogen-bond donors (Lipinski definition) is 3. The minimum atomic E-state index is -0.863. The molecule has 0 spiro atoms. The van der Waals surface area contributed by atoms with Crippen LogP contribution in [0.5, 0.6) is 0 Å². The molecule has 1 fully saturated rings. The Labute approximate surface area is 193 Å². The van der Waals surface area contributed by atoms with Gasteiger partial charge in [0.25, 0.3) is 0 Å². The number of carbonyl (C=O) groups excluding carboxylic acids is 2. The summed E-state index contributed by atoms with van der Waals surface area (Å²) in [6, 6.07) is 15.9. The summed E-state index contributed by atoms with van der Waals surface area (Å²) >= 11 is 0. The molecule has 174 valence electrons. The smallest absolute Gasteiger partial charge is 0.407 e. The van der Waals surface area contributed by atoms with E-state index in [-0.39, 0.29) is 37.4 Å². The number of rotatable bonds is 9. The van der Waals surface area contributed by atoms with Gasteiger partial charge in [-0.05, 0) is 41.5 Å². The maximum absolute atomic E-state index is 12.5. The van der Waals surface area contributed by atoms with Crippen molar-refractivity contribution in [3.05, 3.63) is 59.7 Å². The summed E-state index contributed by atoms with van der Waals surface area (Å²) in [6.07, 6.45) is 2.11. The van der Waals surface area contributed by atoms with Crippen LogP contribution in [0.2, 0.25) is 0 Å². The normalized spacial score (nSPS) is 16.6. The number of carboxylic acids is 1. The fourth-order valence-corrected chi connectivity index (χ4v) is 4.74. The summed E-state index contributed by atoms with van der Waals surface area (Å²) in [4.78, 5) is 36.3. The predicted molar refractivity (Wildman–Crippen MR) is 124 cm³/mol. The quantitative estimate of drug-likeness (QED) is 0.534. The average Bonchev–Trinajstić information content (AvgIpc) is 3.10. The molecule has 0 heterocycles. The highest BCUT2D eigenvalue weighted by Gasteiger charge is 2.44. The lowest BCUT2D eigenvalue weighted by atomic mass is 9.69. The van der Waals surface area contributed by atoms with Crippen molar-refractivity contribution < 1.29 is 24.2 Å². The molecule has 33 heavy (non-hydrogen) atoms. The number of hydrogen-bond acceptors (Lipinski definition) is 4. The number of nitrogens with one attached hydrogen (secondary N) is 2. The number of aliphatic carboxylic acids is 1. The van der Waals surface area contributed by atoms with E-state index < -0.39 is 17.5 Å². The summed E-state index contributed by atoms with van der Waals surface area (Å²) in [5.41, 5.74) is 3.77. The molecule has 0 saturated heterocycles. The van der Waals surface area contributed by atoms with Crippen molar-refractivity contribution in [2.75, 3.05) is 13.2 Å². The minimum absolute atomic E-state index is 0.0267.